The summed E-state index contributed by atoms with van der Waals surface area (Å²) in [7, 11) is 0. The molecule has 0 amide bonds. The zero-order chi connectivity index (χ0) is 21.1. The summed E-state index contributed by atoms with van der Waals surface area (Å²) in [6, 6.07) is 16.3. The quantitative estimate of drug-likeness (QED) is 0.448. The third-order valence-electron chi connectivity index (χ3n) is 6.49. The molecule has 6 heteroatoms. The molecule has 3 heterocycles. The van der Waals surface area contributed by atoms with Crippen LogP contribution in [-0.4, -0.2) is 50.4 Å². The highest BCUT2D eigenvalue weighted by atomic mass is 19.1. The van der Waals surface area contributed by atoms with E-state index in [1.807, 2.05) is 30.3 Å². The van der Waals surface area contributed by atoms with Crippen LogP contribution in [0.3, 0.4) is 0 Å². The van der Waals surface area contributed by atoms with Crippen molar-refractivity contribution in [3.63, 3.8) is 0 Å². The number of hydrogen-bond donors (Lipinski definition) is 2. The minimum Gasteiger partial charge on any atom is -0.361 e. The standard InChI is InChI=1S/C25H28FN5/c26-25(16-19-5-2-1-3-6-19)10-13-31(14-11-25)12-4-7-21-17-27-23-9-8-20(15-22(21)23)24-28-18-29-30-24/h1-3,5-6,8-9,15,17-18,27H,4,7,10-14,16H2,(H,28,29,30). The maximum absolute atomic E-state index is 15.3. The van der Waals surface area contributed by atoms with E-state index in [9.17, 15) is 0 Å². The fraction of sp³-hybridized carbons (Fsp3) is 0.360. The van der Waals surface area contributed by atoms with E-state index in [1.54, 1.807) is 0 Å². The Morgan fingerprint density at radius 3 is 2.68 bits per heavy atom. The molecule has 2 N–H and O–H groups in total. The third-order valence-corrected chi connectivity index (χ3v) is 6.49. The van der Waals surface area contributed by atoms with Crippen molar-refractivity contribution in [3.05, 3.63) is 72.2 Å². The first-order chi connectivity index (χ1) is 15.2. The molecule has 0 bridgehead atoms. The number of nitrogens with one attached hydrogen (secondary N) is 2. The Morgan fingerprint density at radius 1 is 1.06 bits per heavy atom. The van der Waals surface area contributed by atoms with Crippen LogP contribution in [0.25, 0.3) is 22.3 Å². The van der Waals surface area contributed by atoms with Crippen molar-refractivity contribution in [2.24, 2.45) is 0 Å². The van der Waals surface area contributed by atoms with Crippen LogP contribution in [0.15, 0.2) is 61.1 Å². The lowest BCUT2D eigenvalue weighted by molar-refractivity contribution is 0.0581. The largest absolute Gasteiger partial charge is 0.361 e. The van der Waals surface area contributed by atoms with Crippen molar-refractivity contribution in [1.82, 2.24) is 25.1 Å². The molecular formula is C25H28FN5. The molecule has 1 saturated heterocycles. The number of rotatable bonds is 7. The van der Waals surface area contributed by atoms with Gasteiger partial charge < -0.3 is 9.88 Å². The number of nitrogens with zero attached hydrogens (tertiary/aromatic N) is 3. The molecule has 4 aromatic rings. The molecule has 31 heavy (non-hydrogen) atoms. The fourth-order valence-electron chi connectivity index (χ4n) is 4.69. The molecule has 2 aromatic carbocycles. The van der Waals surface area contributed by atoms with E-state index in [0.717, 1.165) is 54.9 Å². The number of likely N-dealkylation sites (tertiary alicyclic amines) is 1. The molecule has 0 aliphatic carbocycles. The second-order valence-electron chi connectivity index (χ2n) is 8.67. The normalized spacial score (nSPS) is 16.7. The van der Waals surface area contributed by atoms with Crippen LogP contribution < -0.4 is 0 Å². The highest BCUT2D eigenvalue weighted by Gasteiger charge is 2.34. The first-order valence-corrected chi connectivity index (χ1v) is 11.1. The molecule has 0 radical (unpaired) electrons. The first kappa shape index (κ1) is 19.9. The highest BCUT2D eigenvalue weighted by molar-refractivity contribution is 5.87. The maximum atomic E-state index is 15.3. The lowest BCUT2D eigenvalue weighted by Gasteiger charge is -2.36. The molecule has 1 fully saturated rings. The zero-order valence-electron chi connectivity index (χ0n) is 17.6. The molecule has 0 unspecified atom stereocenters. The summed E-state index contributed by atoms with van der Waals surface area (Å²) in [4.78, 5) is 10.0. The first-order valence-electron chi connectivity index (χ1n) is 11.1. The van der Waals surface area contributed by atoms with Crippen molar-refractivity contribution < 1.29 is 4.39 Å². The van der Waals surface area contributed by atoms with Gasteiger partial charge in [-0.3, -0.25) is 5.10 Å². The molecule has 5 rings (SSSR count). The Balaban J connectivity index is 1.15. The number of aryl methyl sites for hydroxylation is 1. The second-order valence-corrected chi connectivity index (χ2v) is 8.67. The van der Waals surface area contributed by atoms with Gasteiger partial charge in [-0.15, -0.1) is 0 Å². The zero-order valence-corrected chi connectivity index (χ0v) is 17.6. The summed E-state index contributed by atoms with van der Waals surface area (Å²) >= 11 is 0. The van der Waals surface area contributed by atoms with Gasteiger partial charge in [-0.05, 0) is 61.6 Å². The molecule has 1 aliphatic heterocycles. The average Bonchev–Trinajstić information content (AvgIpc) is 3.46. The van der Waals surface area contributed by atoms with Crippen LogP contribution in [0.1, 0.15) is 30.4 Å². The van der Waals surface area contributed by atoms with E-state index in [2.05, 4.69) is 49.5 Å². The number of benzene rings is 2. The predicted octanol–water partition coefficient (Wildman–Crippen LogP) is 4.93. The summed E-state index contributed by atoms with van der Waals surface area (Å²) in [5, 5.41) is 8.11. The lowest BCUT2D eigenvalue weighted by atomic mass is 9.87. The van der Waals surface area contributed by atoms with Gasteiger partial charge in [-0.25, -0.2) is 9.37 Å². The van der Waals surface area contributed by atoms with Crippen LogP contribution >= 0.6 is 0 Å². The molecule has 0 spiro atoms. The number of aromatic amines is 2. The molecule has 2 aromatic heterocycles. The number of fused-ring (bicyclic) bond motifs is 1. The second kappa shape index (κ2) is 8.63. The van der Waals surface area contributed by atoms with E-state index in [0.29, 0.717) is 19.3 Å². The van der Waals surface area contributed by atoms with Crippen LogP contribution in [0.4, 0.5) is 4.39 Å². The van der Waals surface area contributed by atoms with Gasteiger partial charge in [0.05, 0.1) is 0 Å². The van der Waals surface area contributed by atoms with Gasteiger partial charge in [-0.2, -0.15) is 5.10 Å². The smallest absolute Gasteiger partial charge is 0.155 e. The van der Waals surface area contributed by atoms with Crippen LogP contribution in [0.5, 0.6) is 0 Å². The van der Waals surface area contributed by atoms with Crippen LogP contribution in [0, 0.1) is 0 Å². The van der Waals surface area contributed by atoms with E-state index in [1.165, 1.54) is 17.3 Å². The topological polar surface area (TPSA) is 60.6 Å². The lowest BCUT2D eigenvalue weighted by Crippen LogP contribution is -2.43. The van der Waals surface area contributed by atoms with E-state index >= 15 is 4.39 Å². The van der Waals surface area contributed by atoms with Crippen molar-refractivity contribution in [3.8, 4) is 11.4 Å². The van der Waals surface area contributed by atoms with Gasteiger partial charge in [0.1, 0.15) is 12.0 Å². The van der Waals surface area contributed by atoms with Gasteiger partial charge in [0.15, 0.2) is 5.82 Å². The summed E-state index contributed by atoms with van der Waals surface area (Å²) < 4.78 is 15.3. The summed E-state index contributed by atoms with van der Waals surface area (Å²) in [6.45, 7) is 2.69. The van der Waals surface area contributed by atoms with E-state index in [4.69, 9.17) is 0 Å². The number of aromatic nitrogens is 4. The van der Waals surface area contributed by atoms with Gasteiger partial charge in [0.2, 0.25) is 0 Å². The van der Waals surface area contributed by atoms with Crippen molar-refractivity contribution in [2.45, 2.75) is 37.8 Å². The number of H-pyrrole nitrogens is 2. The Labute approximate surface area is 181 Å². The molecule has 0 saturated carbocycles. The van der Waals surface area contributed by atoms with E-state index in [-0.39, 0.29) is 0 Å². The number of alkyl halides is 1. The Kier molecular flexibility index (Phi) is 5.55. The van der Waals surface area contributed by atoms with E-state index < -0.39 is 5.67 Å². The average molecular weight is 418 g/mol. The van der Waals surface area contributed by atoms with Crippen LogP contribution in [-0.2, 0) is 12.8 Å². The maximum Gasteiger partial charge on any atom is 0.155 e. The molecule has 160 valence electrons. The Morgan fingerprint density at radius 2 is 1.90 bits per heavy atom. The SMILES string of the molecule is FC1(Cc2ccccc2)CCN(CCCc2c[nH]c3ccc(-c4ncn[nH]4)cc23)CC1. The highest BCUT2D eigenvalue weighted by Crippen LogP contribution is 2.31. The van der Waals surface area contributed by atoms with Gasteiger partial charge in [-0.1, -0.05) is 30.3 Å². The fourth-order valence-corrected chi connectivity index (χ4v) is 4.69. The van der Waals surface area contributed by atoms with Gasteiger partial charge in [0, 0.05) is 42.2 Å². The Bertz CT molecular complexity index is 1110. The Hall–Kier alpha value is -2.99. The van der Waals surface area contributed by atoms with Gasteiger partial charge in [0.25, 0.3) is 0 Å². The summed E-state index contributed by atoms with van der Waals surface area (Å²) in [5.74, 6) is 0.785. The molecular weight excluding hydrogens is 389 g/mol. The summed E-state index contributed by atoms with van der Waals surface area (Å²) in [6.07, 6.45) is 7.48. The number of piperidine rings is 1. The van der Waals surface area contributed by atoms with Crippen LogP contribution in [0.2, 0.25) is 0 Å². The molecule has 1 aliphatic rings. The summed E-state index contributed by atoms with van der Waals surface area (Å²) in [5.41, 5.74) is 3.53. The minimum atomic E-state index is -1.06. The third kappa shape index (κ3) is 4.54. The van der Waals surface area contributed by atoms with Crippen molar-refractivity contribution >= 4 is 10.9 Å². The number of hydrogen-bond acceptors (Lipinski definition) is 3. The van der Waals surface area contributed by atoms with Crippen molar-refractivity contribution in [1.29, 1.82) is 0 Å². The predicted molar refractivity (Wildman–Crippen MR) is 122 cm³/mol. The number of halogens is 1. The molecule has 0 atom stereocenters. The minimum absolute atomic E-state index is 0.532. The van der Waals surface area contributed by atoms with Crippen molar-refractivity contribution in [2.75, 3.05) is 19.6 Å². The van der Waals surface area contributed by atoms with Gasteiger partial charge >= 0.3 is 0 Å². The monoisotopic (exact) mass is 417 g/mol. The molecule has 5 nitrogen and oxygen atoms in total.